The number of rotatable bonds is 10. The van der Waals surface area contributed by atoms with Crippen molar-refractivity contribution in [3.8, 4) is 17.6 Å². The molecule has 1 unspecified atom stereocenters. The minimum Gasteiger partial charge on any atom is -0.481 e. The molecule has 0 aliphatic heterocycles. The van der Waals surface area contributed by atoms with Crippen LogP contribution in [0.3, 0.4) is 0 Å². The van der Waals surface area contributed by atoms with E-state index in [2.05, 4.69) is 16.6 Å². The van der Waals surface area contributed by atoms with E-state index >= 15 is 0 Å². The zero-order chi connectivity index (χ0) is 21.1. The van der Waals surface area contributed by atoms with E-state index in [0.29, 0.717) is 5.75 Å². The number of benzene rings is 2. The lowest BCUT2D eigenvalue weighted by atomic mass is 10.2. The topological polar surface area (TPSA) is 114 Å². The quantitative estimate of drug-likeness (QED) is 0.306. The van der Waals surface area contributed by atoms with Crippen molar-refractivity contribution in [2.45, 2.75) is 24.5 Å². The molecule has 0 aliphatic rings. The van der Waals surface area contributed by atoms with Gasteiger partial charge in [0, 0.05) is 0 Å². The fourth-order valence-electron chi connectivity index (χ4n) is 2.27. The Hall–Kier alpha value is -2.90. The number of hydrogen-bond donors (Lipinski definition) is 3. The normalized spacial score (nSPS) is 11.8. The zero-order valence-electron chi connectivity index (χ0n) is 15.8. The lowest BCUT2D eigenvalue weighted by molar-refractivity contribution is -0.132. The van der Waals surface area contributed by atoms with Crippen LogP contribution in [0.1, 0.15) is 12.5 Å². The van der Waals surface area contributed by atoms with Crippen LogP contribution in [-0.4, -0.2) is 38.8 Å². The molecule has 0 saturated heterocycles. The van der Waals surface area contributed by atoms with Crippen molar-refractivity contribution in [2.75, 3.05) is 13.2 Å². The standard InChI is InChI=1S/C20H22N2O6S/c1-2-3-13-28-17-9-11-18(12-10-17)29(25,26)22-19(20(23)21-24)15-27-14-16-7-5-4-6-8-16/h4-12,19,22,24H,13-15H2,1H3,(H,21,23). The number of ether oxygens (including phenoxy) is 2. The summed E-state index contributed by atoms with van der Waals surface area (Å²) in [6.07, 6.45) is 0. The van der Waals surface area contributed by atoms with Crippen LogP contribution < -0.4 is 14.9 Å². The fraction of sp³-hybridized carbons (Fsp3) is 0.250. The number of sulfonamides is 1. The molecule has 2 rings (SSSR count). The molecule has 0 radical (unpaired) electrons. The molecule has 29 heavy (non-hydrogen) atoms. The molecule has 0 heterocycles. The van der Waals surface area contributed by atoms with Crippen LogP contribution in [0.2, 0.25) is 0 Å². The second-order valence-electron chi connectivity index (χ2n) is 5.84. The lowest BCUT2D eigenvalue weighted by Gasteiger charge is -2.17. The summed E-state index contributed by atoms with van der Waals surface area (Å²) >= 11 is 0. The Bertz CT molecular complexity index is 950. The van der Waals surface area contributed by atoms with E-state index in [0.717, 1.165) is 5.56 Å². The highest BCUT2D eigenvalue weighted by Gasteiger charge is 2.26. The summed E-state index contributed by atoms with van der Waals surface area (Å²) in [7, 11) is -4.04. The molecule has 0 aromatic heterocycles. The number of carbonyl (C=O) groups excluding carboxylic acids is 1. The fourth-order valence-corrected chi connectivity index (χ4v) is 3.45. The maximum absolute atomic E-state index is 12.6. The minimum atomic E-state index is -4.04. The molecular formula is C20H22N2O6S. The van der Waals surface area contributed by atoms with Gasteiger partial charge < -0.3 is 9.47 Å². The predicted molar refractivity (Wildman–Crippen MR) is 106 cm³/mol. The number of carbonyl (C=O) groups is 1. The largest absolute Gasteiger partial charge is 0.481 e. The van der Waals surface area contributed by atoms with Crippen molar-refractivity contribution >= 4 is 15.9 Å². The molecule has 0 bridgehead atoms. The number of nitrogens with one attached hydrogen (secondary N) is 2. The van der Waals surface area contributed by atoms with Gasteiger partial charge in [-0.2, -0.15) is 4.72 Å². The van der Waals surface area contributed by atoms with Gasteiger partial charge in [-0.3, -0.25) is 10.0 Å². The highest BCUT2D eigenvalue weighted by Crippen LogP contribution is 2.16. The van der Waals surface area contributed by atoms with Crippen molar-refractivity contribution in [1.82, 2.24) is 10.2 Å². The molecule has 2 aromatic rings. The van der Waals surface area contributed by atoms with Crippen LogP contribution in [0.25, 0.3) is 0 Å². The molecule has 2 aromatic carbocycles. The third-order valence-corrected chi connectivity index (χ3v) is 5.23. The van der Waals surface area contributed by atoms with E-state index in [1.54, 1.807) is 6.92 Å². The van der Waals surface area contributed by atoms with Crippen molar-refractivity contribution < 1.29 is 27.9 Å². The van der Waals surface area contributed by atoms with Gasteiger partial charge in [0.1, 0.15) is 18.4 Å². The van der Waals surface area contributed by atoms with Gasteiger partial charge >= 0.3 is 0 Å². The smallest absolute Gasteiger partial charge is 0.263 e. The first-order chi connectivity index (χ1) is 14.0. The van der Waals surface area contributed by atoms with Gasteiger partial charge in [0.25, 0.3) is 5.91 Å². The molecule has 8 nitrogen and oxygen atoms in total. The Morgan fingerprint density at radius 3 is 2.45 bits per heavy atom. The molecule has 3 N–H and O–H groups in total. The first-order valence-corrected chi connectivity index (χ1v) is 10.1. The summed E-state index contributed by atoms with van der Waals surface area (Å²) in [5.41, 5.74) is 2.31. The molecule has 0 aliphatic carbocycles. The van der Waals surface area contributed by atoms with Crippen LogP contribution in [0.15, 0.2) is 59.5 Å². The molecule has 0 spiro atoms. The summed E-state index contributed by atoms with van der Waals surface area (Å²) in [4.78, 5) is 11.8. The van der Waals surface area contributed by atoms with Crippen molar-refractivity contribution in [3.63, 3.8) is 0 Å². The molecule has 0 saturated carbocycles. The minimum absolute atomic E-state index is 0.0646. The van der Waals surface area contributed by atoms with E-state index in [1.165, 1.54) is 29.7 Å². The average Bonchev–Trinajstić information content (AvgIpc) is 2.73. The summed E-state index contributed by atoms with van der Waals surface area (Å²) in [6, 6.07) is 13.5. The first kappa shape index (κ1) is 22.4. The second-order valence-corrected chi connectivity index (χ2v) is 7.55. The van der Waals surface area contributed by atoms with Gasteiger partial charge in [0.2, 0.25) is 10.0 Å². The van der Waals surface area contributed by atoms with Crippen LogP contribution in [0.4, 0.5) is 0 Å². The monoisotopic (exact) mass is 418 g/mol. The Morgan fingerprint density at radius 1 is 1.14 bits per heavy atom. The summed E-state index contributed by atoms with van der Waals surface area (Å²) in [6.45, 7) is 1.80. The van der Waals surface area contributed by atoms with Crippen LogP contribution in [0.5, 0.6) is 5.75 Å². The zero-order valence-corrected chi connectivity index (χ0v) is 16.6. The van der Waals surface area contributed by atoms with Crippen molar-refractivity contribution in [2.24, 2.45) is 0 Å². The first-order valence-electron chi connectivity index (χ1n) is 8.66. The highest BCUT2D eigenvalue weighted by atomic mass is 32.2. The van der Waals surface area contributed by atoms with E-state index < -0.39 is 22.0 Å². The van der Waals surface area contributed by atoms with Gasteiger partial charge in [-0.15, -0.1) is 5.92 Å². The summed E-state index contributed by atoms with van der Waals surface area (Å²) in [5.74, 6) is 4.95. The summed E-state index contributed by atoms with van der Waals surface area (Å²) in [5, 5.41) is 8.91. The van der Waals surface area contributed by atoms with Crippen LogP contribution in [0, 0.1) is 11.8 Å². The van der Waals surface area contributed by atoms with Crippen molar-refractivity contribution in [1.29, 1.82) is 0 Å². The number of amides is 1. The third kappa shape index (κ3) is 7.21. The third-order valence-electron chi connectivity index (χ3n) is 3.74. The van der Waals surface area contributed by atoms with E-state index in [4.69, 9.17) is 14.7 Å². The summed E-state index contributed by atoms with van der Waals surface area (Å²) < 4.78 is 38.2. The van der Waals surface area contributed by atoms with Crippen LogP contribution in [-0.2, 0) is 26.2 Å². The van der Waals surface area contributed by atoms with Gasteiger partial charge in [0.15, 0.2) is 0 Å². The average molecular weight is 418 g/mol. The lowest BCUT2D eigenvalue weighted by Crippen LogP contribution is -2.48. The molecule has 154 valence electrons. The Balaban J connectivity index is 2.02. The molecule has 1 amide bonds. The molecule has 1 atom stereocenters. The molecule has 0 fully saturated rings. The van der Waals surface area contributed by atoms with Crippen LogP contribution >= 0.6 is 0 Å². The second kappa shape index (κ2) is 11.2. The Kier molecular flexibility index (Phi) is 8.64. The predicted octanol–water partition coefficient (Wildman–Crippen LogP) is 1.46. The van der Waals surface area contributed by atoms with Gasteiger partial charge in [-0.1, -0.05) is 36.3 Å². The van der Waals surface area contributed by atoms with E-state index in [9.17, 15) is 13.2 Å². The number of hydrogen-bond acceptors (Lipinski definition) is 6. The van der Waals surface area contributed by atoms with Gasteiger partial charge in [0.05, 0.1) is 18.1 Å². The van der Waals surface area contributed by atoms with E-state index in [-0.39, 0.29) is 24.7 Å². The van der Waals surface area contributed by atoms with Gasteiger partial charge in [-0.05, 0) is 36.8 Å². The SMILES string of the molecule is CC#CCOc1ccc(S(=O)(=O)NC(COCc2ccccc2)C(=O)NO)cc1. The maximum atomic E-state index is 12.6. The molecule has 9 heteroatoms. The highest BCUT2D eigenvalue weighted by molar-refractivity contribution is 7.89. The van der Waals surface area contributed by atoms with Crippen molar-refractivity contribution in [3.05, 3.63) is 60.2 Å². The maximum Gasteiger partial charge on any atom is 0.263 e. The molecular weight excluding hydrogens is 396 g/mol. The number of hydroxylamine groups is 1. The van der Waals surface area contributed by atoms with Gasteiger partial charge in [-0.25, -0.2) is 13.9 Å². The Labute approximate surface area is 169 Å². The van der Waals surface area contributed by atoms with E-state index in [1.807, 2.05) is 30.3 Å². The Morgan fingerprint density at radius 2 is 1.83 bits per heavy atom.